The Hall–Kier alpha value is -1.39. The predicted octanol–water partition coefficient (Wildman–Crippen LogP) is 3.63. The summed E-state index contributed by atoms with van der Waals surface area (Å²) in [7, 11) is 0. The van der Waals surface area contributed by atoms with E-state index >= 15 is 0 Å². The van der Waals surface area contributed by atoms with Crippen LogP contribution in [0, 0.1) is 6.92 Å². The molecule has 3 nitrogen and oxygen atoms in total. The summed E-state index contributed by atoms with van der Waals surface area (Å²) in [5, 5.41) is 3.52. The third-order valence-electron chi connectivity index (χ3n) is 3.33. The molecular formula is C16H20BrN3. The van der Waals surface area contributed by atoms with Crippen molar-refractivity contribution in [2.45, 2.75) is 26.3 Å². The molecule has 0 aliphatic heterocycles. The molecule has 2 rings (SSSR count). The second kappa shape index (κ2) is 6.86. The number of aryl methyl sites for hydroxylation is 1. The zero-order valence-electron chi connectivity index (χ0n) is 11.9. The van der Waals surface area contributed by atoms with Crippen molar-refractivity contribution in [2.75, 3.05) is 12.3 Å². The highest BCUT2D eigenvalue weighted by Crippen LogP contribution is 2.28. The van der Waals surface area contributed by atoms with E-state index in [0.717, 1.165) is 23.0 Å². The maximum absolute atomic E-state index is 5.95. The summed E-state index contributed by atoms with van der Waals surface area (Å²) in [5.41, 5.74) is 9.53. The van der Waals surface area contributed by atoms with Crippen molar-refractivity contribution in [1.82, 2.24) is 10.3 Å². The molecule has 0 saturated heterocycles. The lowest BCUT2D eigenvalue weighted by atomic mass is 9.98. The van der Waals surface area contributed by atoms with Crippen molar-refractivity contribution >= 4 is 21.7 Å². The number of rotatable bonds is 5. The molecule has 0 aliphatic carbocycles. The number of halogens is 1. The van der Waals surface area contributed by atoms with E-state index in [1.54, 1.807) is 6.20 Å². The fraction of sp³-hybridized carbons (Fsp3) is 0.312. The van der Waals surface area contributed by atoms with Gasteiger partial charge in [-0.25, -0.2) is 4.98 Å². The van der Waals surface area contributed by atoms with Gasteiger partial charge in [-0.05, 0) is 48.7 Å². The number of anilines is 1. The normalized spacial score (nSPS) is 12.3. The van der Waals surface area contributed by atoms with Crippen LogP contribution in [0.2, 0.25) is 0 Å². The molecule has 20 heavy (non-hydrogen) atoms. The van der Waals surface area contributed by atoms with E-state index in [4.69, 9.17) is 5.73 Å². The molecule has 106 valence electrons. The van der Waals surface area contributed by atoms with E-state index < -0.39 is 0 Å². The summed E-state index contributed by atoms with van der Waals surface area (Å²) in [6, 6.07) is 10.6. The van der Waals surface area contributed by atoms with Crippen molar-refractivity contribution in [3.05, 3.63) is 57.7 Å². The first-order valence-electron chi connectivity index (χ1n) is 6.80. The highest BCUT2D eigenvalue weighted by molar-refractivity contribution is 9.10. The highest BCUT2D eigenvalue weighted by Gasteiger charge is 2.15. The van der Waals surface area contributed by atoms with Gasteiger partial charge in [0.2, 0.25) is 0 Å². The fourth-order valence-corrected chi connectivity index (χ4v) is 3.07. The van der Waals surface area contributed by atoms with Gasteiger partial charge < -0.3 is 11.1 Å². The Morgan fingerprint density at radius 1 is 1.35 bits per heavy atom. The van der Waals surface area contributed by atoms with Crippen LogP contribution in [-0.4, -0.2) is 11.5 Å². The zero-order valence-corrected chi connectivity index (χ0v) is 13.4. The maximum Gasteiger partial charge on any atom is 0.126 e. The highest BCUT2D eigenvalue weighted by atomic mass is 79.9. The standard InChI is InChI=1S/C16H20BrN3/c1-3-19-15(10-12-5-4-8-20-16(12)18)13-7-6-11(2)9-14(13)17/h4-9,15,19H,3,10H2,1-2H3,(H2,18,20). The lowest BCUT2D eigenvalue weighted by molar-refractivity contribution is 0.548. The van der Waals surface area contributed by atoms with Gasteiger partial charge in [0, 0.05) is 16.7 Å². The quantitative estimate of drug-likeness (QED) is 0.878. The summed E-state index contributed by atoms with van der Waals surface area (Å²) in [5.74, 6) is 0.610. The minimum atomic E-state index is 0.224. The minimum absolute atomic E-state index is 0.224. The minimum Gasteiger partial charge on any atom is -0.383 e. The van der Waals surface area contributed by atoms with Crippen LogP contribution >= 0.6 is 15.9 Å². The summed E-state index contributed by atoms with van der Waals surface area (Å²) in [4.78, 5) is 4.16. The van der Waals surface area contributed by atoms with Crippen LogP contribution in [0.1, 0.15) is 29.7 Å². The third kappa shape index (κ3) is 3.58. The van der Waals surface area contributed by atoms with Crippen LogP contribution in [0.4, 0.5) is 5.82 Å². The second-order valence-corrected chi connectivity index (χ2v) is 5.74. The van der Waals surface area contributed by atoms with Crippen LogP contribution in [0.15, 0.2) is 41.0 Å². The first-order chi connectivity index (χ1) is 9.61. The van der Waals surface area contributed by atoms with E-state index in [-0.39, 0.29) is 6.04 Å². The van der Waals surface area contributed by atoms with Crippen LogP contribution < -0.4 is 11.1 Å². The van der Waals surface area contributed by atoms with Gasteiger partial charge in [-0.15, -0.1) is 0 Å². The number of nitrogen functional groups attached to an aromatic ring is 1. The van der Waals surface area contributed by atoms with Gasteiger partial charge in [-0.3, -0.25) is 0 Å². The smallest absolute Gasteiger partial charge is 0.126 e. The Kier molecular flexibility index (Phi) is 5.15. The first-order valence-corrected chi connectivity index (χ1v) is 7.60. The van der Waals surface area contributed by atoms with Crippen molar-refractivity contribution in [1.29, 1.82) is 0 Å². The summed E-state index contributed by atoms with van der Waals surface area (Å²) in [6.07, 6.45) is 2.55. The predicted molar refractivity (Wildman–Crippen MR) is 87.7 cm³/mol. The molecule has 1 aromatic carbocycles. The first kappa shape index (κ1) is 15.0. The molecule has 0 amide bonds. The van der Waals surface area contributed by atoms with E-state index in [1.807, 2.05) is 12.1 Å². The molecule has 0 radical (unpaired) electrons. The van der Waals surface area contributed by atoms with Crippen molar-refractivity contribution < 1.29 is 0 Å². The summed E-state index contributed by atoms with van der Waals surface area (Å²) in [6.45, 7) is 5.11. The Bertz CT molecular complexity index is 584. The van der Waals surface area contributed by atoms with Crippen molar-refractivity contribution in [3.8, 4) is 0 Å². The van der Waals surface area contributed by atoms with Gasteiger partial charge in [-0.2, -0.15) is 0 Å². The lowest BCUT2D eigenvalue weighted by Crippen LogP contribution is -2.23. The number of aromatic nitrogens is 1. The molecule has 2 aromatic rings. The van der Waals surface area contributed by atoms with Gasteiger partial charge in [0.25, 0.3) is 0 Å². The van der Waals surface area contributed by atoms with E-state index in [0.29, 0.717) is 5.82 Å². The van der Waals surface area contributed by atoms with E-state index in [1.165, 1.54) is 11.1 Å². The number of nitrogens with one attached hydrogen (secondary N) is 1. The molecular weight excluding hydrogens is 314 g/mol. The van der Waals surface area contributed by atoms with E-state index in [2.05, 4.69) is 58.3 Å². The second-order valence-electron chi connectivity index (χ2n) is 4.89. The van der Waals surface area contributed by atoms with Crippen LogP contribution in [0.5, 0.6) is 0 Å². The molecule has 0 spiro atoms. The average Bonchev–Trinajstić information content (AvgIpc) is 2.41. The molecule has 1 heterocycles. The summed E-state index contributed by atoms with van der Waals surface area (Å²) >= 11 is 3.66. The number of pyridine rings is 1. The summed E-state index contributed by atoms with van der Waals surface area (Å²) < 4.78 is 1.13. The Labute approximate surface area is 128 Å². The van der Waals surface area contributed by atoms with Crippen LogP contribution in [-0.2, 0) is 6.42 Å². The fourth-order valence-electron chi connectivity index (χ4n) is 2.30. The molecule has 0 fully saturated rings. The maximum atomic E-state index is 5.95. The van der Waals surface area contributed by atoms with Crippen molar-refractivity contribution in [2.24, 2.45) is 0 Å². The molecule has 0 aliphatic rings. The van der Waals surface area contributed by atoms with Crippen LogP contribution in [0.3, 0.4) is 0 Å². The Morgan fingerprint density at radius 2 is 2.15 bits per heavy atom. The van der Waals surface area contributed by atoms with Crippen LogP contribution in [0.25, 0.3) is 0 Å². The Balaban J connectivity index is 2.29. The van der Waals surface area contributed by atoms with E-state index in [9.17, 15) is 0 Å². The number of hydrogen-bond acceptors (Lipinski definition) is 3. The molecule has 1 unspecified atom stereocenters. The number of hydrogen-bond donors (Lipinski definition) is 2. The molecule has 4 heteroatoms. The van der Waals surface area contributed by atoms with Gasteiger partial charge >= 0.3 is 0 Å². The SMILES string of the molecule is CCNC(Cc1cccnc1N)c1ccc(C)cc1Br. The topological polar surface area (TPSA) is 50.9 Å². The van der Waals surface area contributed by atoms with Gasteiger partial charge in [0.1, 0.15) is 5.82 Å². The molecule has 0 saturated carbocycles. The number of benzene rings is 1. The number of nitrogens with two attached hydrogens (primary N) is 1. The molecule has 0 bridgehead atoms. The number of likely N-dealkylation sites (N-methyl/N-ethyl adjacent to an activating group) is 1. The molecule has 1 atom stereocenters. The average molecular weight is 334 g/mol. The number of nitrogens with zero attached hydrogens (tertiary/aromatic N) is 1. The van der Waals surface area contributed by atoms with Gasteiger partial charge in [-0.1, -0.05) is 41.1 Å². The largest absolute Gasteiger partial charge is 0.383 e. The third-order valence-corrected chi connectivity index (χ3v) is 4.02. The molecule has 3 N–H and O–H groups in total. The Morgan fingerprint density at radius 3 is 2.80 bits per heavy atom. The molecule has 1 aromatic heterocycles. The monoisotopic (exact) mass is 333 g/mol. The zero-order chi connectivity index (χ0) is 14.5. The lowest BCUT2D eigenvalue weighted by Gasteiger charge is -2.20. The van der Waals surface area contributed by atoms with Gasteiger partial charge in [0.15, 0.2) is 0 Å². The van der Waals surface area contributed by atoms with Crippen molar-refractivity contribution in [3.63, 3.8) is 0 Å². The van der Waals surface area contributed by atoms with Gasteiger partial charge in [0.05, 0.1) is 0 Å².